The van der Waals surface area contributed by atoms with E-state index in [-0.39, 0.29) is 18.2 Å². The topological polar surface area (TPSA) is 46.6 Å². The average molecular weight is 315 g/mol. The van der Waals surface area contributed by atoms with E-state index in [4.69, 9.17) is 4.74 Å². The summed E-state index contributed by atoms with van der Waals surface area (Å²) in [5.74, 6) is 0.286. The Morgan fingerprint density at radius 1 is 1.24 bits per heavy atom. The smallest absolute Gasteiger partial charge is 0.216 e. The van der Waals surface area contributed by atoms with Crippen LogP contribution in [-0.2, 0) is 21.2 Å². The summed E-state index contributed by atoms with van der Waals surface area (Å²) in [4.78, 5) is 0. The highest BCUT2D eigenvalue weighted by Gasteiger charge is 2.27. The second-order valence-corrected chi connectivity index (χ2v) is 7.57. The van der Waals surface area contributed by atoms with Gasteiger partial charge >= 0.3 is 0 Å². The number of hydrogen-bond donors (Lipinski definition) is 0. The molecule has 6 heteroatoms. The SMILES string of the molecule is COCCS(=O)(=O)N1CCC(Cc2ccc(F)cc2)CC1. The molecule has 0 N–H and O–H groups in total. The van der Waals surface area contributed by atoms with Gasteiger partial charge in [0, 0.05) is 20.2 Å². The average Bonchev–Trinajstić information content (AvgIpc) is 2.48. The first kappa shape index (κ1) is 16.4. The van der Waals surface area contributed by atoms with Crippen molar-refractivity contribution in [3.8, 4) is 0 Å². The lowest BCUT2D eigenvalue weighted by Gasteiger charge is -2.31. The van der Waals surface area contributed by atoms with E-state index in [1.165, 1.54) is 19.2 Å². The third kappa shape index (κ3) is 4.76. The molecule has 0 aromatic heterocycles. The second-order valence-electron chi connectivity index (χ2n) is 5.48. The van der Waals surface area contributed by atoms with Crippen LogP contribution in [0.2, 0.25) is 0 Å². The molecule has 1 fully saturated rings. The number of halogens is 1. The summed E-state index contributed by atoms with van der Waals surface area (Å²) < 4.78 is 43.4. The molecule has 0 unspecified atom stereocenters. The first-order valence-electron chi connectivity index (χ1n) is 7.22. The van der Waals surface area contributed by atoms with E-state index >= 15 is 0 Å². The van der Waals surface area contributed by atoms with Gasteiger partial charge < -0.3 is 4.74 Å². The molecule has 1 aliphatic rings. The fourth-order valence-electron chi connectivity index (χ4n) is 2.66. The van der Waals surface area contributed by atoms with E-state index in [0.29, 0.717) is 19.0 Å². The van der Waals surface area contributed by atoms with Gasteiger partial charge in [0.25, 0.3) is 0 Å². The van der Waals surface area contributed by atoms with Crippen LogP contribution in [0.5, 0.6) is 0 Å². The Morgan fingerprint density at radius 2 is 1.86 bits per heavy atom. The van der Waals surface area contributed by atoms with E-state index in [1.54, 1.807) is 16.4 Å². The Balaban J connectivity index is 1.84. The largest absolute Gasteiger partial charge is 0.384 e. The molecule has 118 valence electrons. The Bertz CT molecular complexity index is 537. The third-order valence-corrected chi connectivity index (χ3v) is 5.78. The van der Waals surface area contributed by atoms with Gasteiger partial charge in [-0.2, -0.15) is 0 Å². The number of benzene rings is 1. The zero-order valence-corrected chi connectivity index (χ0v) is 13.1. The van der Waals surface area contributed by atoms with Crippen molar-refractivity contribution in [1.29, 1.82) is 0 Å². The van der Waals surface area contributed by atoms with Crippen LogP contribution in [-0.4, -0.2) is 45.3 Å². The molecule has 0 radical (unpaired) electrons. The number of rotatable bonds is 6. The molecule has 21 heavy (non-hydrogen) atoms. The molecular formula is C15H22FNO3S. The maximum atomic E-state index is 12.9. The van der Waals surface area contributed by atoms with Gasteiger partial charge in [0.2, 0.25) is 10.0 Å². The maximum Gasteiger partial charge on any atom is 0.216 e. The summed E-state index contributed by atoms with van der Waals surface area (Å²) in [5.41, 5.74) is 1.11. The summed E-state index contributed by atoms with van der Waals surface area (Å²) in [6.07, 6.45) is 2.58. The Morgan fingerprint density at radius 3 is 2.43 bits per heavy atom. The highest BCUT2D eigenvalue weighted by atomic mass is 32.2. The van der Waals surface area contributed by atoms with Gasteiger partial charge in [0.05, 0.1) is 12.4 Å². The molecule has 1 heterocycles. The van der Waals surface area contributed by atoms with Gasteiger partial charge in [-0.05, 0) is 42.9 Å². The minimum atomic E-state index is -3.19. The minimum Gasteiger partial charge on any atom is -0.384 e. The van der Waals surface area contributed by atoms with Gasteiger partial charge in [0.1, 0.15) is 5.82 Å². The van der Waals surface area contributed by atoms with Crippen LogP contribution in [0, 0.1) is 11.7 Å². The Labute approximate surface area is 126 Å². The summed E-state index contributed by atoms with van der Waals surface area (Å²) in [7, 11) is -1.68. The number of piperidine rings is 1. The van der Waals surface area contributed by atoms with E-state index < -0.39 is 10.0 Å². The number of ether oxygens (including phenoxy) is 1. The number of hydrogen-bond acceptors (Lipinski definition) is 3. The van der Waals surface area contributed by atoms with Crippen LogP contribution in [0.25, 0.3) is 0 Å². The normalized spacial score (nSPS) is 18.0. The van der Waals surface area contributed by atoms with Gasteiger partial charge in [-0.1, -0.05) is 12.1 Å². The van der Waals surface area contributed by atoms with E-state index in [2.05, 4.69) is 0 Å². The van der Waals surface area contributed by atoms with Crippen molar-refractivity contribution < 1.29 is 17.5 Å². The molecule has 1 saturated heterocycles. The first-order valence-corrected chi connectivity index (χ1v) is 8.83. The lowest BCUT2D eigenvalue weighted by Crippen LogP contribution is -2.40. The van der Waals surface area contributed by atoms with Crippen molar-refractivity contribution in [2.75, 3.05) is 32.6 Å². The van der Waals surface area contributed by atoms with Gasteiger partial charge in [-0.25, -0.2) is 17.1 Å². The summed E-state index contributed by atoms with van der Waals surface area (Å²) in [6.45, 7) is 1.37. The molecule has 1 aromatic carbocycles. The molecule has 0 bridgehead atoms. The van der Waals surface area contributed by atoms with Crippen LogP contribution in [0.15, 0.2) is 24.3 Å². The van der Waals surface area contributed by atoms with Gasteiger partial charge in [-0.3, -0.25) is 0 Å². The predicted octanol–water partition coefficient (Wildman–Crippen LogP) is 2.06. The van der Waals surface area contributed by atoms with Crippen molar-refractivity contribution >= 4 is 10.0 Å². The Hall–Kier alpha value is -0.980. The lowest BCUT2D eigenvalue weighted by atomic mass is 9.91. The predicted molar refractivity (Wildman–Crippen MR) is 80.1 cm³/mol. The molecule has 2 rings (SSSR count). The van der Waals surface area contributed by atoms with Crippen molar-refractivity contribution in [2.45, 2.75) is 19.3 Å². The second kappa shape index (κ2) is 7.33. The number of sulfonamides is 1. The Kier molecular flexibility index (Phi) is 5.72. The van der Waals surface area contributed by atoms with Crippen molar-refractivity contribution in [3.63, 3.8) is 0 Å². The maximum absolute atomic E-state index is 12.9. The monoisotopic (exact) mass is 315 g/mol. The quantitative estimate of drug-likeness (QED) is 0.807. The highest BCUT2D eigenvalue weighted by molar-refractivity contribution is 7.89. The molecular weight excluding hydrogens is 293 g/mol. The molecule has 4 nitrogen and oxygen atoms in total. The third-order valence-electron chi connectivity index (χ3n) is 3.95. The van der Waals surface area contributed by atoms with E-state index in [0.717, 1.165) is 24.8 Å². The summed E-state index contributed by atoms with van der Waals surface area (Å²) >= 11 is 0. The summed E-state index contributed by atoms with van der Waals surface area (Å²) in [5, 5.41) is 0. The zero-order chi connectivity index (χ0) is 15.3. The summed E-state index contributed by atoms with van der Waals surface area (Å²) in [6, 6.07) is 6.55. The molecule has 0 saturated carbocycles. The van der Waals surface area contributed by atoms with E-state index in [1.807, 2.05) is 0 Å². The highest BCUT2D eigenvalue weighted by Crippen LogP contribution is 2.23. The molecule has 1 aromatic rings. The lowest BCUT2D eigenvalue weighted by molar-refractivity contribution is 0.213. The number of nitrogens with zero attached hydrogens (tertiary/aromatic N) is 1. The van der Waals surface area contributed by atoms with Crippen molar-refractivity contribution in [2.24, 2.45) is 5.92 Å². The first-order chi connectivity index (χ1) is 10.0. The molecule has 0 aliphatic carbocycles. The molecule has 1 aliphatic heterocycles. The van der Waals surface area contributed by atoms with Crippen LogP contribution in [0.4, 0.5) is 4.39 Å². The van der Waals surface area contributed by atoms with E-state index in [9.17, 15) is 12.8 Å². The van der Waals surface area contributed by atoms with Crippen molar-refractivity contribution in [3.05, 3.63) is 35.6 Å². The van der Waals surface area contributed by atoms with Gasteiger partial charge in [0.15, 0.2) is 0 Å². The molecule has 0 amide bonds. The van der Waals surface area contributed by atoms with Crippen LogP contribution in [0.3, 0.4) is 0 Å². The standard InChI is InChI=1S/C15H22FNO3S/c1-20-10-11-21(18,19)17-8-6-14(7-9-17)12-13-2-4-15(16)5-3-13/h2-5,14H,6-12H2,1H3. The van der Waals surface area contributed by atoms with Crippen LogP contribution >= 0.6 is 0 Å². The zero-order valence-electron chi connectivity index (χ0n) is 12.3. The fraction of sp³-hybridized carbons (Fsp3) is 0.600. The number of methoxy groups -OCH3 is 1. The molecule has 0 atom stereocenters. The van der Waals surface area contributed by atoms with Crippen molar-refractivity contribution in [1.82, 2.24) is 4.31 Å². The minimum absolute atomic E-state index is 0.0477. The fourth-order valence-corrected chi connectivity index (χ4v) is 4.07. The van der Waals surface area contributed by atoms with Gasteiger partial charge in [-0.15, -0.1) is 0 Å². The molecule has 0 spiro atoms. The van der Waals surface area contributed by atoms with Crippen LogP contribution < -0.4 is 0 Å². The van der Waals surface area contributed by atoms with Crippen LogP contribution in [0.1, 0.15) is 18.4 Å².